The van der Waals surface area contributed by atoms with Crippen LogP contribution in [0, 0.1) is 6.92 Å². The van der Waals surface area contributed by atoms with Gasteiger partial charge >= 0.3 is 5.97 Å². The molecule has 2 rings (SSSR count). The molecule has 0 spiro atoms. The molecule has 0 unspecified atom stereocenters. The van der Waals surface area contributed by atoms with Gasteiger partial charge in [-0.1, -0.05) is 23.2 Å². The maximum Gasteiger partial charge on any atom is 0.339 e. The van der Waals surface area contributed by atoms with Crippen molar-refractivity contribution >= 4 is 56.2 Å². The number of nitrogens with one attached hydrogen (secondary N) is 2. The van der Waals surface area contributed by atoms with Crippen molar-refractivity contribution in [2.75, 3.05) is 4.72 Å². The topological polar surface area (TPSA) is 99.3 Å². The van der Waals surface area contributed by atoms with Gasteiger partial charge < -0.3 is 10.1 Å². The first-order valence-corrected chi connectivity index (χ1v) is 8.17. The summed E-state index contributed by atoms with van der Waals surface area (Å²) in [7, 11) is -4.01. The van der Waals surface area contributed by atoms with Crippen LogP contribution in [0.3, 0.4) is 0 Å². The van der Waals surface area contributed by atoms with Gasteiger partial charge in [0.15, 0.2) is 0 Å². The van der Waals surface area contributed by atoms with Gasteiger partial charge in [0, 0.05) is 11.9 Å². The summed E-state index contributed by atoms with van der Waals surface area (Å²) in [6, 6.07) is 1.21. The van der Waals surface area contributed by atoms with Gasteiger partial charge in [0.1, 0.15) is 14.8 Å². The number of carboxylic acids is 1. The monoisotopic (exact) mass is 354 g/mol. The zero-order chi connectivity index (χ0) is 15.1. The van der Waals surface area contributed by atoms with E-state index in [1.54, 1.807) is 0 Å². The predicted molar refractivity (Wildman–Crippen MR) is 77.6 cm³/mol. The molecule has 2 aromatic rings. The number of anilines is 1. The van der Waals surface area contributed by atoms with Crippen LogP contribution in [-0.4, -0.2) is 24.5 Å². The minimum atomic E-state index is -4.01. The Kier molecular flexibility index (Phi) is 4.01. The van der Waals surface area contributed by atoms with E-state index in [1.807, 2.05) is 0 Å². The number of carbonyl (C=O) groups is 1. The molecule has 6 nitrogen and oxygen atoms in total. The van der Waals surface area contributed by atoms with E-state index >= 15 is 0 Å². The molecule has 0 fully saturated rings. The molecule has 0 bridgehead atoms. The highest BCUT2D eigenvalue weighted by atomic mass is 35.5. The number of hydrogen-bond donors (Lipinski definition) is 3. The third-order valence-corrected chi connectivity index (χ3v) is 5.57. The lowest BCUT2D eigenvalue weighted by Gasteiger charge is -2.06. The van der Waals surface area contributed by atoms with Gasteiger partial charge in [-0.2, -0.15) is 0 Å². The van der Waals surface area contributed by atoms with E-state index < -0.39 is 16.0 Å². The third-order valence-electron chi connectivity index (χ3n) is 2.45. The molecule has 3 N–H and O–H groups in total. The van der Waals surface area contributed by atoms with E-state index in [2.05, 4.69) is 9.71 Å². The standard InChI is InChI=1S/C10H8Cl2N2O4S2/c1-4-8(10(15)16)5(3-13-4)14-20(17,18)6-2-7(11)19-9(6)12/h2-3,13-14H,1H3,(H,15,16). The SMILES string of the molecule is Cc1[nH]cc(NS(=O)(=O)c2cc(Cl)sc2Cl)c1C(=O)O. The van der Waals surface area contributed by atoms with E-state index in [-0.39, 0.29) is 24.8 Å². The summed E-state index contributed by atoms with van der Waals surface area (Å²) in [5.41, 5.74) is 0.129. The van der Waals surface area contributed by atoms with Crippen LogP contribution in [0.5, 0.6) is 0 Å². The second-order valence-electron chi connectivity index (χ2n) is 3.80. The molecular formula is C10H8Cl2N2O4S2. The Hall–Kier alpha value is -1.22. The van der Waals surface area contributed by atoms with Gasteiger partial charge in [-0.25, -0.2) is 13.2 Å². The van der Waals surface area contributed by atoms with E-state index in [1.165, 1.54) is 19.2 Å². The number of sulfonamides is 1. The van der Waals surface area contributed by atoms with Crippen LogP contribution in [0.1, 0.15) is 16.1 Å². The van der Waals surface area contributed by atoms with E-state index in [9.17, 15) is 13.2 Å². The van der Waals surface area contributed by atoms with Crippen LogP contribution in [0.15, 0.2) is 17.2 Å². The number of aromatic carboxylic acids is 1. The highest BCUT2D eigenvalue weighted by molar-refractivity contribution is 7.93. The van der Waals surface area contributed by atoms with Gasteiger partial charge in [0.25, 0.3) is 10.0 Å². The lowest BCUT2D eigenvalue weighted by molar-refractivity contribution is 0.0697. The number of aromatic amines is 1. The summed E-state index contributed by atoms with van der Waals surface area (Å²) in [5, 5.41) is 9.06. The van der Waals surface area contributed by atoms with Gasteiger partial charge in [-0.15, -0.1) is 11.3 Å². The average Bonchev–Trinajstić information content (AvgIpc) is 2.82. The second-order valence-corrected chi connectivity index (χ2v) is 7.74. The summed E-state index contributed by atoms with van der Waals surface area (Å²) in [5.74, 6) is -1.24. The molecule has 0 aromatic carbocycles. The van der Waals surface area contributed by atoms with Crippen LogP contribution < -0.4 is 4.72 Å². The molecule has 20 heavy (non-hydrogen) atoms. The van der Waals surface area contributed by atoms with Crippen LogP contribution >= 0.6 is 34.5 Å². The zero-order valence-electron chi connectivity index (χ0n) is 9.90. The normalized spacial score (nSPS) is 11.6. The first-order chi connectivity index (χ1) is 9.22. The zero-order valence-corrected chi connectivity index (χ0v) is 13.0. The van der Waals surface area contributed by atoms with Crippen molar-refractivity contribution in [1.29, 1.82) is 0 Å². The van der Waals surface area contributed by atoms with Gasteiger partial charge in [0.05, 0.1) is 10.0 Å². The Morgan fingerprint density at radius 1 is 1.45 bits per heavy atom. The van der Waals surface area contributed by atoms with E-state index in [0.717, 1.165) is 11.3 Å². The lowest BCUT2D eigenvalue weighted by Crippen LogP contribution is -2.14. The Labute approximate surface area is 128 Å². The summed E-state index contributed by atoms with van der Waals surface area (Å²) in [6.45, 7) is 1.52. The van der Waals surface area contributed by atoms with E-state index in [4.69, 9.17) is 28.3 Å². The molecule has 2 aromatic heterocycles. The number of aryl methyl sites for hydroxylation is 1. The second kappa shape index (κ2) is 5.28. The first kappa shape index (κ1) is 15.2. The minimum absolute atomic E-state index is 0.00614. The molecular weight excluding hydrogens is 347 g/mol. The molecule has 0 amide bonds. The Morgan fingerprint density at radius 2 is 2.10 bits per heavy atom. The van der Waals surface area contributed by atoms with Crippen LogP contribution in [0.2, 0.25) is 8.67 Å². The molecule has 0 aliphatic heterocycles. The maximum atomic E-state index is 12.2. The fourth-order valence-electron chi connectivity index (χ4n) is 1.59. The number of H-pyrrole nitrogens is 1. The van der Waals surface area contributed by atoms with Gasteiger partial charge in [0.2, 0.25) is 0 Å². The predicted octanol–water partition coefficient (Wildman–Crippen LogP) is 3.19. The van der Waals surface area contributed by atoms with Gasteiger partial charge in [-0.3, -0.25) is 4.72 Å². The van der Waals surface area contributed by atoms with Crippen LogP contribution in [0.4, 0.5) is 5.69 Å². The van der Waals surface area contributed by atoms with Crippen molar-refractivity contribution in [2.24, 2.45) is 0 Å². The van der Waals surface area contributed by atoms with Crippen molar-refractivity contribution in [3.63, 3.8) is 0 Å². The van der Waals surface area contributed by atoms with Crippen molar-refractivity contribution in [3.05, 3.63) is 32.2 Å². The highest BCUT2D eigenvalue weighted by Crippen LogP contribution is 2.35. The van der Waals surface area contributed by atoms with Crippen molar-refractivity contribution in [3.8, 4) is 0 Å². The molecule has 10 heteroatoms. The van der Waals surface area contributed by atoms with Crippen molar-refractivity contribution < 1.29 is 18.3 Å². The summed E-state index contributed by atoms with van der Waals surface area (Å²) < 4.78 is 26.7. The number of thiophene rings is 1. The Bertz CT molecular complexity index is 779. The molecule has 2 heterocycles. The van der Waals surface area contributed by atoms with Crippen LogP contribution in [0.25, 0.3) is 0 Å². The Balaban J connectivity index is 2.44. The lowest BCUT2D eigenvalue weighted by atomic mass is 10.2. The smallest absolute Gasteiger partial charge is 0.339 e. The number of halogens is 2. The van der Waals surface area contributed by atoms with Crippen molar-refractivity contribution in [1.82, 2.24) is 4.98 Å². The average molecular weight is 355 g/mol. The maximum absolute atomic E-state index is 12.2. The molecule has 0 saturated carbocycles. The number of hydrogen-bond acceptors (Lipinski definition) is 4. The Morgan fingerprint density at radius 3 is 2.60 bits per heavy atom. The van der Waals surface area contributed by atoms with Crippen LogP contribution in [-0.2, 0) is 10.0 Å². The largest absolute Gasteiger partial charge is 0.478 e. The molecule has 0 saturated heterocycles. The molecule has 0 radical (unpaired) electrons. The molecule has 108 valence electrons. The summed E-state index contributed by atoms with van der Waals surface area (Å²) in [4.78, 5) is 13.6. The molecule has 0 atom stereocenters. The summed E-state index contributed by atoms with van der Waals surface area (Å²) in [6.07, 6.45) is 1.26. The van der Waals surface area contributed by atoms with Crippen molar-refractivity contribution in [2.45, 2.75) is 11.8 Å². The minimum Gasteiger partial charge on any atom is -0.478 e. The molecule has 0 aliphatic rings. The molecule has 0 aliphatic carbocycles. The fourth-order valence-corrected chi connectivity index (χ4v) is 4.80. The number of rotatable bonds is 4. The fraction of sp³-hybridized carbons (Fsp3) is 0.100. The summed E-state index contributed by atoms with van der Waals surface area (Å²) >= 11 is 12.4. The van der Waals surface area contributed by atoms with E-state index in [0.29, 0.717) is 5.69 Å². The highest BCUT2D eigenvalue weighted by Gasteiger charge is 2.24. The number of aromatic nitrogens is 1. The van der Waals surface area contributed by atoms with Gasteiger partial charge in [-0.05, 0) is 13.0 Å². The first-order valence-electron chi connectivity index (χ1n) is 5.11. The quantitative estimate of drug-likeness (QED) is 0.784. The number of carboxylic acid groups (broad SMARTS) is 1. The third kappa shape index (κ3) is 2.78.